The van der Waals surface area contributed by atoms with Gasteiger partial charge in [-0.25, -0.2) is 14.2 Å². The first-order valence-electron chi connectivity index (χ1n) is 8.12. The van der Waals surface area contributed by atoms with E-state index in [1.54, 1.807) is 12.4 Å². The number of rotatable bonds is 5. The van der Waals surface area contributed by atoms with Gasteiger partial charge in [-0.1, -0.05) is 12.1 Å². The highest BCUT2D eigenvalue weighted by Crippen LogP contribution is 2.31. The number of nitrogens with zero attached hydrogens (tertiary/aromatic N) is 3. The number of ether oxygens (including phenoxy) is 1. The first-order chi connectivity index (χ1) is 12.8. The third-order valence-electron chi connectivity index (χ3n) is 4.18. The molecule has 0 fully saturated rings. The van der Waals surface area contributed by atoms with Crippen LogP contribution in [0.15, 0.2) is 46.3 Å². The number of imidazole rings is 1. The van der Waals surface area contributed by atoms with Gasteiger partial charge in [0.25, 0.3) is 5.43 Å². The molecule has 0 aliphatic carbocycles. The van der Waals surface area contributed by atoms with Crippen LogP contribution in [0.2, 0.25) is 0 Å². The van der Waals surface area contributed by atoms with Gasteiger partial charge >= 0.3 is 11.5 Å². The second kappa shape index (κ2) is 6.92. The highest BCUT2D eigenvalue weighted by atomic mass is 19.3. The Morgan fingerprint density at radius 3 is 2.74 bits per heavy atom. The molecule has 0 atom stereocenters. The Morgan fingerprint density at radius 2 is 2.07 bits per heavy atom. The van der Waals surface area contributed by atoms with Gasteiger partial charge in [0.2, 0.25) is 0 Å². The van der Waals surface area contributed by atoms with Crippen molar-refractivity contribution >= 4 is 5.65 Å². The van der Waals surface area contributed by atoms with Crippen LogP contribution in [0.1, 0.15) is 18.3 Å². The fraction of sp³-hybridized carbons (Fsp3) is 0.278. The van der Waals surface area contributed by atoms with E-state index in [1.165, 1.54) is 37.7 Å². The summed E-state index contributed by atoms with van der Waals surface area (Å²) in [6, 6.07) is 2.51. The zero-order chi connectivity index (χ0) is 19.8. The molecule has 0 saturated heterocycles. The van der Waals surface area contributed by atoms with E-state index in [9.17, 15) is 18.4 Å². The van der Waals surface area contributed by atoms with E-state index in [0.29, 0.717) is 5.65 Å². The number of hydrogen-bond acceptors (Lipinski definition) is 4. The van der Waals surface area contributed by atoms with Crippen molar-refractivity contribution in [3.05, 3.63) is 68.6 Å². The van der Waals surface area contributed by atoms with E-state index in [4.69, 9.17) is 4.74 Å². The predicted molar refractivity (Wildman–Crippen MR) is 95.9 cm³/mol. The quantitative estimate of drug-likeness (QED) is 0.547. The Hall–Kier alpha value is -3.07. The van der Waals surface area contributed by atoms with Gasteiger partial charge in [0.05, 0.1) is 17.9 Å². The van der Waals surface area contributed by atoms with Gasteiger partial charge in [-0.2, -0.15) is 8.78 Å². The van der Waals surface area contributed by atoms with Crippen molar-refractivity contribution in [1.82, 2.24) is 19.2 Å². The van der Waals surface area contributed by atoms with E-state index in [-0.39, 0.29) is 23.4 Å². The molecule has 0 amide bonds. The van der Waals surface area contributed by atoms with Crippen molar-refractivity contribution in [2.75, 3.05) is 7.11 Å². The maximum atomic E-state index is 14.2. The second-order valence-corrected chi connectivity index (χ2v) is 5.93. The lowest BCUT2D eigenvalue weighted by molar-refractivity contribution is 0.0464. The van der Waals surface area contributed by atoms with Crippen LogP contribution in [0.3, 0.4) is 0 Å². The molecule has 142 valence electrons. The highest BCUT2D eigenvalue weighted by Gasteiger charge is 2.31. The molecule has 7 nitrogen and oxygen atoms in total. The number of aromatic amines is 1. The number of fused-ring (bicyclic) bond motifs is 1. The summed E-state index contributed by atoms with van der Waals surface area (Å²) in [4.78, 5) is 31.9. The fourth-order valence-electron chi connectivity index (χ4n) is 2.93. The van der Waals surface area contributed by atoms with Gasteiger partial charge in [0, 0.05) is 32.1 Å². The minimum absolute atomic E-state index is 0.0588. The number of aryl methyl sites for hydroxylation is 1. The SMILES string of the molecule is CC=CC(F)(F)c1ccc(-c2c(=O)c(=O)n(C)n3cc[nH]c23)c(COC)n1. The molecule has 0 aromatic carbocycles. The van der Waals surface area contributed by atoms with Gasteiger partial charge in [0.15, 0.2) is 0 Å². The number of hydrogen-bond donors (Lipinski definition) is 1. The van der Waals surface area contributed by atoms with E-state index in [0.717, 1.165) is 16.8 Å². The molecule has 0 aliphatic heterocycles. The molecule has 0 unspecified atom stereocenters. The van der Waals surface area contributed by atoms with Crippen LogP contribution in [0, 0.1) is 0 Å². The Labute approximate surface area is 152 Å². The molecule has 0 spiro atoms. The Bertz CT molecular complexity index is 1140. The van der Waals surface area contributed by atoms with Crippen molar-refractivity contribution in [1.29, 1.82) is 0 Å². The molecule has 9 heteroatoms. The number of pyridine rings is 1. The Morgan fingerprint density at radius 1 is 1.33 bits per heavy atom. The van der Waals surface area contributed by atoms with E-state index in [2.05, 4.69) is 9.97 Å². The summed E-state index contributed by atoms with van der Waals surface area (Å²) < 4.78 is 36.1. The summed E-state index contributed by atoms with van der Waals surface area (Å²) in [5, 5.41) is 0. The summed E-state index contributed by atoms with van der Waals surface area (Å²) in [6.45, 7) is 1.39. The van der Waals surface area contributed by atoms with Gasteiger partial charge in [0.1, 0.15) is 11.3 Å². The molecule has 3 heterocycles. The molecule has 0 radical (unpaired) electrons. The molecule has 27 heavy (non-hydrogen) atoms. The van der Waals surface area contributed by atoms with Crippen LogP contribution in [-0.2, 0) is 24.3 Å². The normalized spacial score (nSPS) is 12.3. The summed E-state index contributed by atoms with van der Waals surface area (Å²) in [6.07, 6.45) is 5.12. The van der Waals surface area contributed by atoms with Crippen LogP contribution < -0.4 is 11.0 Å². The molecule has 0 aliphatic rings. The average Bonchev–Trinajstić information content (AvgIpc) is 3.10. The molecular formula is C18H18F2N4O3. The zero-order valence-electron chi connectivity index (χ0n) is 15.0. The van der Waals surface area contributed by atoms with Crippen molar-refractivity contribution in [2.24, 2.45) is 7.05 Å². The summed E-state index contributed by atoms with van der Waals surface area (Å²) in [7, 11) is 2.85. The highest BCUT2D eigenvalue weighted by molar-refractivity contribution is 5.78. The number of halogens is 2. The lowest BCUT2D eigenvalue weighted by Crippen LogP contribution is -2.37. The average molecular weight is 376 g/mol. The standard InChI is InChI=1S/C18H18F2N4O3/c1-4-7-18(19,20)13-6-5-11(12(22-13)10-27-3)14-15(25)17(26)23(2)24-9-8-21-16(14)24/h4-9,21H,10H2,1-3H3. The maximum Gasteiger partial charge on any atom is 0.313 e. The zero-order valence-corrected chi connectivity index (χ0v) is 15.0. The summed E-state index contributed by atoms with van der Waals surface area (Å²) in [5.41, 5.74) is -1.15. The summed E-state index contributed by atoms with van der Waals surface area (Å²) in [5.74, 6) is -3.26. The smallest absolute Gasteiger partial charge is 0.313 e. The van der Waals surface area contributed by atoms with Gasteiger partial charge in [-0.05, 0) is 19.1 Å². The van der Waals surface area contributed by atoms with E-state index in [1.807, 2.05) is 0 Å². The minimum atomic E-state index is -3.26. The first kappa shape index (κ1) is 18.7. The lowest BCUT2D eigenvalue weighted by atomic mass is 10.0. The minimum Gasteiger partial charge on any atom is -0.378 e. The first-order valence-corrected chi connectivity index (χ1v) is 8.12. The molecule has 3 rings (SSSR count). The molecule has 3 aromatic rings. The Kier molecular flexibility index (Phi) is 4.79. The number of H-pyrrole nitrogens is 1. The predicted octanol–water partition coefficient (Wildman–Crippen LogP) is 2.20. The number of methoxy groups -OCH3 is 1. The largest absolute Gasteiger partial charge is 0.378 e. The molecular weight excluding hydrogens is 358 g/mol. The summed E-state index contributed by atoms with van der Waals surface area (Å²) >= 11 is 0. The monoisotopic (exact) mass is 376 g/mol. The lowest BCUT2D eigenvalue weighted by Gasteiger charge is -2.16. The topological polar surface area (TPSA) is 81.4 Å². The second-order valence-electron chi connectivity index (χ2n) is 5.93. The van der Waals surface area contributed by atoms with Gasteiger partial charge in [-0.15, -0.1) is 0 Å². The van der Waals surface area contributed by atoms with E-state index >= 15 is 0 Å². The van der Waals surface area contributed by atoms with Crippen LogP contribution in [-0.4, -0.2) is 26.3 Å². The van der Waals surface area contributed by atoms with Gasteiger partial charge in [-0.3, -0.25) is 9.59 Å². The van der Waals surface area contributed by atoms with Crippen molar-refractivity contribution < 1.29 is 13.5 Å². The third kappa shape index (κ3) is 3.10. The molecule has 0 saturated carbocycles. The van der Waals surface area contributed by atoms with E-state index < -0.39 is 22.6 Å². The third-order valence-corrected chi connectivity index (χ3v) is 4.18. The van der Waals surface area contributed by atoms with Crippen molar-refractivity contribution in [3.8, 4) is 11.1 Å². The number of aromatic nitrogens is 4. The van der Waals surface area contributed by atoms with Crippen LogP contribution >= 0.6 is 0 Å². The molecule has 0 bridgehead atoms. The fourth-order valence-corrected chi connectivity index (χ4v) is 2.93. The number of nitrogens with one attached hydrogen (secondary N) is 1. The van der Waals surface area contributed by atoms with Crippen LogP contribution in [0.25, 0.3) is 16.8 Å². The Balaban J connectivity index is 2.33. The number of alkyl halides is 2. The molecule has 1 N–H and O–H groups in total. The van der Waals surface area contributed by atoms with Crippen LogP contribution in [0.5, 0.6) is 0 Å². The van der Waals surface area contributed by atoms with Gasteiger partial charge < -0.3 is 9.72 Å². The number of allylic oxidation sites excluding steroid dienone is 2. The maximum absolute atomic E-state index is 14.2. The van der Waals surface area contributed by atoms with Crippen molar-refractivity contribution in [2.45, 2.75) is 19.5 Å². The van der Waals surface area contributed by atoms with Crippen molar-refractivity contribution in [3.63, 3.8) is 0 Å². The van der Waals surface area contributed by atoms with Crippen LogP contribution in [0.4, 0.5) is 8.78 Å². The molecule has 3 aromatic heterocycles.